The molecule has 0 unspecified atom stereocenters. The van der Waals surface area contributed by atoms with Crippen LogP contribution in [0.3, 0.4) is 0 Å². The molecule has 0 amide bonds. The van der Waals surface area contributed by atoms with Gasteiger partial charge in [-0.2, -0.15) is 0 Å². The summed E-state index contributed by atoms with van der Waals surface area (Å²) in [6.45, 7) is 6.09. The lowest BCUT2D eigenvalue weighted by Gasteiger charge is -2.31. The molecule has 0 aromatic heterocycles. The molecule has 0 radical (unpaired) electrons. The summed E-state index contributed by atoms with van der Waals surface area (Å²) in [5, 5.41) is 18.7. The standard InChI is InChI=1S/C16H15FN2O4S.C16H17FN2O2S.C2H6O/c1-11-9-12-3-2-8-18(16(12)10-15(11)19(20)21)24(22,23)14-6-4-13(17)5-7-14;1-11-9-12-3-2-8-19(16(12)10-15(11)18)22(20,21)14-6-4-13(17)5-7-14;1-2-3/h4-7,9-10H,2-3,8H2,1H3;4-7,9-10H,2-3,8,18H2,1H3;3H,2H2,1H3. The third-order valence-electron chi connectivity index (χ3n) is 8.02. The van der Waals surface area contributed by atoms with Gasteiger partial charge in [0.25, 0.3) is 25.7 Å². The Bertz CT molecular complexity index is 2040. The van der Waals surface area contributed by atoms with Crippen molar-refractivity contribution in [2.75, 3.05) is 34.0 Å². The summed E-state index contributed by atoms with van der Waals surface area (Å²) in [6.07, 6.45) is 2.84. The van der Waals surface area contributed by atoms with Crippen LogP contribution in [0.4, 0.5) is 31.5 Å². The Balaban J connectivity index is 0.000000205. The van der Waals surface area contributed by atoms with Crippen LogP contribution in [0.15, 0.2) is 82.6 Å². The smallest absolute Gasteiger partial charge is 0.274 e. The highest BCUT2D eigenvalue weighted by Crippen LogP contribution is 2.37. The Hall–Kier alpha value is -4.60. The van der Waals surface area contributed by atoms with Crippen molar-refractivity contribution >= 4 is 42.8 Å². The van der Waals surface area contributed by atoms with Crippen LogP contribution in [-0.2, 0) is 32.9 Å². The Morgan fingerprint density at radius 3 is 1.55 bits per heavy atom. The Kier molecular flexibility index (Phi) is 11.6. The van der Waals surface area contributed by atoms with Gasteiger partial charge in [-0.15, -0.1) is 0 Å². The average Bonchev–Trinajstić information content (AvgIpc) is 3.05. The second-order valence-electron chi connectivity index (χ2n) is 11.4. The summed E-state index contributed by atoms with van der Waals surface area (Å²) in [4.78, 5) is 10.7. The number of nitrogen functional groups attached to an aromatic ring is 1. The molecule has 2 aliphatic heterocycles. The van der Waals surface area contributed by atoms with Gasteiger partial charge in [0.2, 0.25) is 0 Å². The van der Waals surface area contributed by atoms with Crippen molar-refractivity contribution in [1.29, 1.82) is 0 Å². The van der Waals surface area contributed by atoms with Crippen molar-refractivity contribution in [2.24, 2.45) is 0 Å². The largest absolute Gasteiger partial charge is 0.398 e. The third-order valence-corrected chi connectivity index (χ3v) is 11.7. The molecule has 0 saturated heterocycles. The van der Waals surface area contributed by atoms with Gasteiger partial charge in [0.1, 0.15) is 11.6 Å². The number of nitrogens with zero attached hydrogens (tertiary/aromatic N) is 3. The lowest BCUT2D eigenvalue weighted by Crippen LogP contribution is -2.35. The van der Waals surface area contributed by atoms with Crippen LogP contribution in [0, 0.1) is 35.6 Å². The number of nitro benzene ring substituents is 1. The topological polar surface area (TPSA) is 164 Å². The van der Waals surface area contributed by atoms with Gasteiger partial charge in [-0.1, -0.05) is 6.07 Å². The van der Waals surface area contributed by atoms with E-state index in [1.54, 1.807) is 26.0 Å². The SMILES string of the molecule is CCO.Cc1cc2c(cc1N)N(S(=O)(=O)c1ccc(F)cc1)CCC2.Cc1cc2c(cc1[N+](=O)[O-])N(S(=O)(=O)c1ccc(F)cc1)CCC2. The second kappa shape index (κ2) is 15.3. The molecule has 0 aliphatic carbocycles. The molecule has 4 aromatic rings. The number of sulfonamides is 2. The van der Waals surface area contributed by atoms with Crippen LogP contribution in [0.5, 0.6) is 0 Å². The molecular weight excluding hydrogens is 679 g/mol. The first-order valence-electron chi connectivity index (χ1n) is 15.5. The van der Waals surface area contributed by atoms with E-state index < -0.39 is 36.6 Å². The van der Waals surface area contributed by atoms with Crippen molar-refractivity contribution in [3.05, 3.63) is 117 Å². The fraction of sp³-hybridized carbons (Fsp3) is 0.294. The lowest BCUT2D eigenvalue weighted by molar-refractivity contribution is -0.385. The lowest BCUT2D eigenvalue weighted by atomic mass is 10.00. The molecule has 49 heavy (non-hydrogen) atoms. The van der Waals surface area contributed by atoms with Gasteiger partial charge in [-0.25, -0.2) is 25.6 Å². The van der Waals surface area contributed by atoms with Crippen molar-refractivity contribution in [3.8, 4) is 0 Å². The number of benzene rings is 4. The van der Waals surface area contributed by atoms with Crippen LogP contribution >= 0.6 is 0 Å². The number of hydrogen-bond donors (Lipinski definition) is 2. The zero-order chi connectivity index (χ0) is 36.1. The van der Waals surface area contributed by atoms with Gasteiger partial charge in [0, 0.05) is 37.0 Å². The molecule has 4 aromatic carbocycles. The molecule has 262 valence electrons. The van der Waals surface area contributed by atoms with Crippen molar-refractivity contribution < 1.29 is 35.6 Å². The third kappa shape index (κ3) is 8.17. The number of aliphatic hydroxyl groups is 1. The first-order chi connectivity index (χ1) is 23.1. The minimum Gasteiger partial charge on any atom is -0.398 e. The Morgan fingerprint density at radius 2 is 1.14 bits per heavy atom. The number of halogens is 2. The van der Waals surface area contributed by atoms with Gasteiger partial charge in [0.05, 0.1) is 26.1 Å². The molecule has 0 spiro atoms. The molecule has 15 heteroatoms. The number of nitrogens with two attached hydrogens (primary N) is 1. The first-order valence-corrected chi connectivity index (χ1v) is 18.3. The first kappa shape index (κ1) is 37.2. The summed E-state index contributed by atoms with van der Waals surface area (Å²) < 4.78 is 80.0. The Labute approximate surface area is 284 Å². The van der Waals surface area contributed by atoms with E-state index in [-0.39, 0.29) is 28.6 Å². The molecule has 11 nitrogen and oxygen atoms in total. The average molecular weight is 717 g/mol. The van der Waals surface area contributed by atoms with Crippen molar-refractivity contribution in [2.45, 2.75) is 56.2 Å². The van der Waals surface area contributed by atoms with Gasteiger partial charge in [-0.05, 0) is 124 Å². The van der Waals surface area contributed by atoms with Gasteiger partial charge in [-0.3, -0.25) is 18.7 Å². The number of fused-ring (bicyclic) bond motifs is 2. The fourth-order valence-electron chi connectivity index (χ4n) is 5.61. The highest BCUT2D eigenvalue weighted by Gasteiger charge is 2.32. The van der Waals surface area contributed by atoms with Crippen molar-refractivity contribution in [1.82, 2.24) is 0 Å². The zero-order valence-electron chi connectivity index (χ0n) is 27.3. The summed E-state index contributed by atoms with van der Waals surface area (Å²) in [6, 6.07) is 16.1. The van der Waals surface area contributed by atoms with Gasteiger partial charge >= 0.3 is 0 Å². The van der Waals surface area contributed by atoms with E-state index in [0.29, 0.717) is 42.0 Å². The normalized spacial score (nSPS) is 14.0. The molecule has 2 heterocycles. The number of nitro groups is 1. The van der Waals surface area contributed by atoms with Gasteiger partial charge < -0.3 is 10.8 Å². The van der Waals surface area contributed by atoms with E-state index in [4.69, 9.17) is 10.8 Å². The van der Waals surface area contributed by atoms with Crippen LogP contribution in [-0.4, -0.2) is 46.6 Å². The summed E-state index contributed by atoms with van der Waals surface area (Å²) in [5.74, 6) is -0.989. The van der Waals surface area contributed by atoms with Crippen LogP contribution in [0.25, 0.3) is 0 Å². The van der Waals surface area contributed by atoms with E-state index in [1.807, 2.05) is 13.0 Å². The molecular formula is C34H38F2N4O7S2. The zero-order valence-corrected chi connectivity index (χ0v) is 28.9. The van der Waals surface area contributed by atoms with Crippen molar-refractivity contribution in [3.63, 3.8) is 0 Å². The van der Waals surface area contributed by atoms with Crippen LogP contribution in [0.1, 0.15) is 42.0 Å². The molecule has 0 bridgehead atoms. The summed E-state index contributed by atoms with van der Waals surface area (Å²) in [5.41, 5.74) is 10.5. The van der Waals surface area contributed by atoms with Gasteiger partial charge in [0.15, 0.2) is 0 Å². The quantitative estimate of drug-likeness (QED) is 0.143. The Morgan fingerprint density at radius 1 is 0.755 bits per heavy atom. The molecule has 2 aliphatic rings. The number of aliphatic hydroxyl groups excluding tert-OH is 1. The van der Waals surface area contributed by atoms with E-state index >= 15 is 0 Å². The summed E-state index contributed by atoms with van der Waals surface area (Å²) in [7, 11) is -7.61. The van der Waals surface area contributed by atoms with E-state index in [2.05, 4.69) is 0 Å². The predicted molar refractivity (Wildman–Crippen MR) is 185 cm³/mol. The molecule has 0 saturated carbocycles. The summed E-state index contributed by atoms with van der Waals surface area (Å²) >= 11 is 0. The molecule has 0 atom stereocenters. The maximum atomic E-state index is 13.1. The highest BCUT2D eigenvalue weighted by molar-refractivity contribution is 7.93. The van der Waals surface area contributed by atoms with Crippen LogP contribution in [0.2, 0.25) is 0 Å². The second-order valence-corrected chi connectivity index (χ2v) is 15.2. The molecule has 3 N–H and O–H groups in total. The molecule has 6 rings (SSSR count). The number of rotatable bonds is 5. The number of aryl methyl sites for hydroxylation is 4. The minimum atomic E-state index is -3.90. The monoisotopic (exact) mass is 716 g/mol. The fourth-order valence-corrected chi connectivity index (χ4v) is 8.68. The maximum absolute atomic E-state index is 13.1. The predicted octanol–water partition coefficient (Wildman–Crippen LogP) is 6.04. The molecule has 0 fully saturated rings. The minimum absolute atomic E-state index is 0.0417. The maximum Gasteiger partial charge on any atom is 0.274 e. The number of anilines is 3. The van der Waals surface area contributed by atoms with E-state index in [9.17, 15) is 35.7 Å². The highest BCUT2D eigenvalue weighted by atomic mass is 32.2. The van der Waals surface area contributed by atoms with E-state index in [0.717, 1.165) is 53.8 Å². The number of hydrogen-bond acceptors (Lipinski definition) is 8. The van der Waals surface area contributed by atoms with Crippen LogP contribution < -0.4 is 14.3 Å². The van der Waals surface area contributed by atoms with E-state index in [1.165, 1.54) is 38.9 Å².